The van der Waals surface area contributed by atoms with Crippen LogP contribution in [0.1, 0.15) is 68.3 Å². The van der Waals surface area contributed by atoms with Crippen LogP contribution in [-0.2, 0) is 6.54 Å². The maximum Gasteiger partial charge on any atom is 0.127 e. The molecule has 2 aliphatic rings. The van der Waals surface area contributed by atoms with Gasteiger partial charge in [0.25, 0.3) is 0 Å². The van der Waals surface area contributed by atoms with Crippen LogP contribution in [0.3, 0.4) is 0 Å². The van der Waals surface area contributed by atoms with Gasteiger partial charge in [-0.2, -0.15) is 0 Å². The molecule has 2 aromatic heterocycles. The van der Waals surface area contributed by atoms with E-state index in [1.165, 1.54) is 35.9 Å². The first-order chi connectivity index (χ1) is 12.8. The van der Waals surface area contributed by atoms with Gasteiger partial charge in [0, 0.05) is 29.9 Å². The molecule has 0 aromatic carbocycles. The topological polar surface area (TPSA) is 69.5 Å². The molecular formula is C21H31N3O2S. The van der Waals surface area contributed by atoms with Gasteiger partial charge in [0.15, 0.2) is 0 Å². The first-order valence-electron chi connectivity index (χ1n) is 10.2. The fourth-order valence-electron chi connectivity index (χ4n) is 4.46. The number of nitrogens with zero attached hydrogens (tertiary/aromatic N) is 3. The second-order valence-corrected chi connectivity index (χ2v) is 10.2. The molecule has 2 fully saturated rings. The first-order valence-corrected chi connectivity index (χ1v) is 11.0. The number of aliphatic hydroxyl groups excluding tert-OH is 2. The van der Waals surface area contributed by atoms with Gasteiger partial charge < -0.3 is 10.2 Å². The number of rotatable bonds is 3. The lowest BCUT2D eigenvalue weighted by molar-refractivity contribution is -0.0405. The molecule has 1 aliphatic carbocycles. The van der Waals surface area contributed by atoms with Crippen molar-refractivity contribution < 1.29 is 10.2 Å². The fraction of sp³-hybridized carbons (Fsp3) is 0.714. The summed E-state index contributed by atoms with van der Waals surface area (Å²) in [5.41, 5.74) is 1.54. The molecule has 148 valence electrons. The lowest BCUT2D eigenvalue weighted by Crippen LogP contribution is -2.46. The molecular weight excluding hydrogens is 358 g/mol. The number of aliphatic hydroxyl groups is 2. The first kappa shape index (κ1) is 19.2. The number of likely N-dealkylation sites (tertiary alicyclic amines) is 1. The standard InChI is InChI=1S/C21H31N3O2S/c1-13-22-16(11-24-9-6-17(25)18(26)12-24)15-10-19(27-20(15)23-13)14-4-7-21(2,3)8-5-14/h10,14,17-18,25-26H,4-9,11-12H2,1-3H3/t17-,18-/m1/s1. The van der Waals surface area contributed by atoms with Crippen LogP contribution in [0.2, 0.25) is 0 Å². The van der Waals surface area contributed by atoms with Gasteiger partial charge in [0.05, 0.1) is 17.9 Å². The number of thiophene rings is 1. The van der Waals surface area contributed by atoms with Crippen molar-refractivity contribution in [3.63, 3.8) is 0 Å². The summed E-state index contributed by atoms with van der Waals surface area (Å²) in [6.45, 7) is 8.71. The van der Waals surface area contributed by atoms with Crippen molar-refractivity contribution in [2.75, 3.05) is 13.1 Å². The summed E-state index contributed by atoms with van der Waals surface area (Å²) in [5.74, 6) is 1.46. The summed E-state index contributed by atoms with van der Waals surface area (Å²) < 4.78 is 0. The number of aromatic nitrogens is 2. The number of β-amino-alcohol motifs (C(OH)–C–C–N with tert-alkyl or cyclic N) is 1. The highest BCUT2D eigenvalue weighted by Crippen LogP contribution is 2.45. The SMILES string of the molecule is Cc1nc(CN2CC[C@@H](O)[C@H](O)C2)c2cc(C3CCC(C)(C)CC3)sc2n1. The summed E-state index contributed by atoms with van der Waals surface area (Å²) in [6.07, 6.45) is 4.45. The van der Waals surface area contributed by atoms with Gasteiger partial charge in [0.1, 0.15) is 10.7 Å². The highest BCUT2D eigenvalue weighted by atomic mass is 32.1. The number of aryl methyl sites for hydroxylation is 1. The minimum absolute atomic E-state index is 0.481. The Bertz CT molecular complexity index is 809. The van der Waals surface area contributed by atoms with Crippen molar-refractivity contribution in [1.29, 1.82) is 0 Å². The molecule has 6 heteroatoms. The summed E-state index contributed by atoms with van der Waals surface area (Å²) in [5, 5.41) is 20.9. The predicted molar refractivity (Wildman–Crippen MR) is 109 cm³/mol. The van der Waals surface area contributed by atoms with Crippen molar-refractivity contribution in [2.24, 2.45) is 5.41 Å². The van der Waals surface area contributed by atoms with Gasteiger partial charge in [-0.25, -0.2) is 9.97 Å². The number of piperidine rings is 1. The van der Waals surface area contributed by atoms with Crippen LogP contribution in [0.15, 0.2) is 6.07 Å². The van der Waals surface area contributed by atoms with Crippen molar-refractivity contribution in [1.82, 2.24) is 14.9 Å². The van der Waals surface area contributed by atoms with E-state index in [4.69, 9.17) is 9.97 Å². The van der Waals surface area contributed by atoms with Crippen LogP contribution in [0.25, 0.3) is 10.2 Å². The molecule has 1 saturated heterocycles. The monoisotopic (exact) mass is 389 g/mol. The number of hydrogen-bond acceptors (Lipinski definition) is 6. The van der Waals surface area contributed by atoms with E-state index in [0.717, 1.165) is 22.9 Å². The molecule has 3 heterocycles. The minimum atomic E-state index is -0.666. The van der Waals surface area contributed by atoms with E-state index in [0.29, 0.717) is 30.8 Å². The van der Waals surface area contributed by atoms with Gasteiger partial charge in [0.2, 0.25) is 0 Å². The molecule has 5 nitrogen and oxygen atoms in total. The molecule has 2 aromatic rings. The zero-order chi connectivity index (χ0) is 19.2. The van der Waals surface area contributed by atoms with Crippen molar-refractivity contribution >= 4 is 21.6 Å². The van der Waals surface area contributed by atoms with Crippen molar-refractivity contribution in [3.8, 4) is 0 Å². The molecule has 1 aliphatic heterocycles. The average Bonchev–Trinajstić information content (AvgIpc) is 3.02. The lowest BCUT2D eigenvalue weighted by Gasteiger charge is -2.33. The maximum absolute atomic E-state index is 9.99. The van der Waals surface area contributed by atoms with Gasteiger partial charge >= 0.3 is 0 Å². The van der Waals surface area contributed by atoms with Crippen LogP contribution in [0, 0.1) is 12.3 Å². The second kappa shape index (κ2) is 7.39. The maximum atomic E-state index is 9.99. The average molecular weight is 390 g/mol. The third kappa shape index (κ3) is 4.19. The molecule has 2 N–H and O–H groups in total. The largest absolute Gasteiger partial charge is 0.390 e. The molecule has 0 bridgehead atoms. The van der Waals surface area contributed by atoms with E-state index in [9.17, 15) is 10.2 Å². The molecule has 27 heavy (non-hydrogen) atoms. The summed E-state index contributed by atoms with van der Waals surface area (Å²) in [7, 11) is 0. The van der Waals surface area contributed by atoms with Crippen LogP contribution in [0.4, 0.5) is 0 Å². The molecule has 0 radical (unpaired) electrons. The molecule has 0 amide bonds. The Kier molecular flexibility index (Phi) is 5.27. The summed E-state index contributed by atoms with van der Waals surface area (Å²) in [6, 6.07) is 2.33. The highest BCUT2D eigenvalue weighted by Gasteiger charge is 2.30. The zero-order valence-electron chi connectivity index (χ0n) is 16.6. The smallest absolute Gasteiger partial charge is 0.127 e. The van der Waals surface area contributed by atoms with Gasteiger partial charge in [-0.15, -0.1) is 11.3 Å². The van der Waals surface area contributed by atoms with E-state index in [1.54, 1.807) is 0 Å². The van der Waals surface area contributed by atoms with E-state index in [1.807, 2.05) is 18.3 Å². The summed E-state index contributed by atoms with van der Waals surface area (Å²) in [4.78, 5) is 14.2. The van der Waals surface area contributed by atoms with Gasteiger partial charge in [-0.05, 0) is 56.4 Å². The van der Waals surface area contributed by atoms with E-state index in [2.05, 4.69) is 24.8 Å². The Morgan fingerprint density at radius 2 is 1.89 bits per heavy atom. The summed E-state index contributed by atoms with van der Waals surface area (Å²) >= 11 is 1.84. The quantitative estimate of drug-likeness (QED) is 0.839. The molecule has 0 spiro atoms. The van der Waals surface area contributed by atoms with Gasteiger partial charge in [-0.1, -0.05) is 13.8 Å². The van der Waals surface area contributed by atoms with Crippen LogP contribution >= 0.6 is 11.3 Å². The van der Waals surface area contributed by atoms with E-state index >= 15 is 0 Å². The lowest BCUT2D eigenvalue weighted by atomic mass is 9.73. The van der Waals surface area contributed by atoms with Crippen LogP contribution < -0.4 is 0 Å². The Hall–Kier alpha value is -1.08. The molecule has 1 saturated carbocycles. The third-order valence-electron chi connectivity index (χ3n) is 6.35. The number of hydrogen-bond donors (Lipinski definition) is 2. The highest BCUT2D eigenvalue weighted by molar-refractivity contribution is 7.18. The molecule has 4 rings (SSSR count). The Morgan fingerprint density at radius 3 is 2.59 bits per heavy atom. The number of fused-ring (bicyclic) bond motifs is 1. The molecule has 2 atom stereocenters. The predicted octanol–water partition coefficient (Wildman–Crippen LogP) is 3.61. The van der Waals surface area contributed by atoms with Crippen LogP contribution in [0.5, 0.6) is 0 Å². The van der Waals surface area contributed by atoms with Gasteiger partial charge in [-0.3, -0.25) is 4.90 Å². The third-order valence-corrected chi connectivity index (χ3v) is 7.54. The Morgan fingerprint density at radius 1 is 1.15 bits per heavy atom. The van der Waals surface area contributed by atoms with Crippen LogP contribution in [-0.4, -0.2) is 50.4 Å². The zero-order valence-corrected chi connectivity index (χ0v) is 17.4. The second-order valence-electron chi connectivity index (χ2n) is 9.18. The minimum Gasteiger partial charge on any atom is -0.390 e. The Balaban J connectivity index is 1.57. The fourth-order valence-corrected chi connectivity index (χ4v) is 5.73. The van der Waals surface area contributed by atoms with Crippen molar-refractivity contribution in [2.45, 2.75) is 77.5 Å². The van der Waals surface area contributed by atoms with E-state index < -0.39 is 12.2 Å². The van der Waals surface area contributed by atoms with E-state index in [-0.39, 0.29) is 0 Å². The normalized spacial score (nSPS) is 27.3. The molecule has 0 unspecified atom stereocenters. The Labute approximate surface area is 165 Å². The van der Waals surface area contributed by atoms with Crippen molar-refractivity contribution in [3.05, 3.63) is 22.5 Å².